The molecule has 7 nitrogen and oxygen atoms in total. The lowest BCUT2D eigenvalue weighted by Gasteiger charge is -2.37. The maximum atomic E-state index is 9.10. The Morgan fingerprint density at radius 1 is 1.05 bits per heavy atom. The van der Waals surface area contributed by atoms with Gasteiger partial charge in [0.15, 0.2) is 5.13 Å². The lowest BCUT2D eigenvalue weighted by Crippen LogP contribution is -2.43. The molecule has 0 spiro atoms. The van der Waals surface area contributed by atoms with Crippen molar-refractivity contribution in [1.29, 1.82) is 0 Å². The van der Waals surface area contributed by atoms with E-state index in [2.05, 4.69) is 65.4 Å². The Morgan fingerprint density at radius 2 is 1.85 bits per heavy atom. The van der Waals surface area contributed by atoms with Crippen molar-refractivity contribution in [2.24, 2.45) is 17.8 Å². The van der Waals surface area contributed by atoms with Crippen molar-refractivity contribution in [1.82, 2.24) is 9.88 Å². The van der Waals surface area contributed by atoms with E-state index in [1.807, 2.05) is 0 Å². The van der Waals surface area contributed by atoms with E-state index in [0.717, 1.165) is 73.6 Å². The van der Waals surface area contributed by atoms with E-state index in [1.165, 1.54) is 29.5 Å². The Hall–Kier alpha value is -2.49. The van der Waals surface area contributed by atoms with E-state index in [-0.39, 0.29) is 6.79 Å². The average Bonchev–Trinajstić information content (AvgIpc) is 3.54. The highest BCUT2D eigenvalue weighted by Gasteiger charge is 2.42. The van der Waals surface area contributed by atoms with Gasteiger partial charge in [0.1, 0.15) is 19.1 Å². The first-order chi connectivity index (χ1) is 19.6. The molecule has 2 atom stereocenters. The topological polar surface area (TPSA) is 67.3 Å². The molecule has 3 aliphatic rings. The van der Waals surface area contributed by atoms with Crippen molar-refractivity contribution in [3.05, 3.63) is 64.0 Å². The molecule has 40 heavy (non-hydrogen) atoms. The SMILES string of the molecule is Cc1cc(CN2CCOCC2)ccc1COc1c(C)cccc1-c1csc(N2CC3CCC(C2)C3COCO)n1. The summed E-state index contributed by atoms with van der Waals surface area (Å²) in [7, 11) is 0. The van der Waals surface area contributed by atoms with Crippen LogP contribution in [-0.4, -0.2) is 67.8 Å². The van der Waals surface area contributed by atoms with Crippen molar-refractivity contribution >= 4 is 16.5 Å². The second kappa shape index (κ2) is 12.6. The zero-order valence-corrected chi connectivity index (χ0v) is 24.5. The van der Waals surface area contributed by atoms with Crippen molar-refractivity contribution in [2.45, 2.75) is 39.8 Å². The summed E-state index contributed by atoms with van der Waals surface area (Å²) in [4.78, 5) is 10.0. The van der Waals surface area contributed by atoms with Crippen LogP contribution in [0.25, 0.3) is 11.3 Å². The predicted octanol–water partition coefficient (Wildman–Crippen LogP) is 5.27. The number of aliphatic hydroxyl groups is 1. The normalized spacial score (nSPS) is 23.1. The third kappa shape index (κ3) is 6.06. The van der Waals surface area contributed by atoms with E-state index < -0.39 is 0 Å². The standard InChI is InChI=1S/C32H41N3O4S/c1-22-4-3-5-28(30-20-40-32(33-30)35-16-25-8-9-26(17-35)29(25)19-38-21-36)31(22)39-18-27-7-6-24(14-23(27)2)15-34-10-12-37-13-11-34/h3-7,14,20,25-26,29,36H,8-13,15-19,21H2,1-2H3. The van der Waals surface area contributed by atoms with Crippen LogP contribution in [0.5, 0.6) is 5.75 Å². The molecule has 6 rings (SSSR count). The fraction of sp³-hybridized carbons (Fsp3) is 0.531. The number of hydrogen-bond donors (Lipinski definition) is 1. The zero-order chi connectivity index (χ0) is 27.5. The highest BCUT2D eigenvalue weighted by molar-refractivity contribution is 7.14. The van der Waals surface area contributed by atoms with Gasteiger partial charge in [-0.05, 0) is 72.8 Å². The minimum Gasteiger partial charge on any atom is -0.488 e. The third-order valence-corrected chi connectivity index (χ3v) is 9.87. The number of aliphatic hydroxyl groups excluding tert-OH is 1. The van der Waals surface area contributed by atoms with Gasteiger partial charge in [0.2, 0.25) is 0 Å². The van der Waals surface area contributed by atoms with Gasteiger partial charge in [0.25, 0.3) is 0 Å². The van der Waals surface area contributed by atoms with Crippen LogP contribution in [0.15, 0.2) is 41.8 Å². The van der Waals surface area contributed by atoms with E-state index in [0.29, 0.717) is 31.0 Å². The number of nitrogens with zero attached hydrogens (tertiary/aromatic N) is 3. The molecule has 2 aliphatic heterocycles. The number of thiazole rings is 1. The van der Waals surface area contributed by atoms with E-state index in [9.17, 15) is 0 Å². The average molecular weight is 564 g/mol. The fourth-order valence-corrected chi connectivity index (χ4v) is 7.56. The van der Waals surface area contributed by atoms with Gasteiger partial charge in [0.05, 0.1) is 25.5 Å². The largest absolute Gasteiger partial charge is 0.488 e. The van der Waals surface area contributed by atoms with Crippen LogP contribution in [0.2, 0.25) is 0 Å². The highest BCUT2D eigenvalue weighted by Crippen LogP contribution is 2.44. The number of anilines is 1. The summed E-state index contributed by atoms with van der Waals surface area (Å²) in [6.07, 6.45) is 2.48. The molecule has 3 aromatic rings. The number of para-hydroxylation sites is 1. The molecule has 214 valence electrons. The van der Waals surface area contributed by atoms with Crippen LogP contribution in [-0.2, 0) is 22.6 Å². The maximum Gasteiger partial charge on any atom is 0.185 e. The molecule has 2 unspecified atom stereocenters. The first-order valence-electron chi connectivity index (χ1n) is 14.6. The molecular formula is C32H41N3O4S. The maximum absolute atomic E-state index is 9.10. The number of fused-ring (bicyclic) bond motifs is 2. The first-order valence-corrected chi connectivity index (χ1v) is 15.5. The summed E-state index contributed by atoms with van der Waals surface area (Å²) in [6, 6.07) is 13.1. The van der Waals surface area contributed by atoms with Gasteiger partial charge in [-0.1, -0.05) is 30.3 Å². The summed E-state index contributed by atoms with van der Waals surface area (Å²) < 4.78 is 17.4. The predicted molar refractivity (Wildman–Crippen MR) is 159 cm³/mol. The molecule has 0 amide bonds. The van der Waals surface area contributed by atoms with Gasteiger partial charge in [-0.25, -0.2) is 4.98 Å². The van der Waals surface area contributed by atoms with Crippen LogP contribution >= 0.6 is 11.3 Å². The zero-order valence-electron chi connectivity index (χ0n) is 23.7. The van der Waals surface area contributed by atoms with Gasteiger partial charge >= 0.3 is 0 Å². The second-order valence-corrected chi connectivity index (χ2v) is 12.4. The van der Waals surface area contributed by atoms with Gasteiger partial charge in [-0.3, -0.25) is 4.90 Å². The Labute approximate surface area is 241 Å². The monoisotopic (exact) mass is 563 g/mol. The molecule has 1 N–H and O–H groups in total. The lowest BCUT2D eigenvalue weighted by molar-refractivity contribution is -0.0315. The number of aromatic nitrogens is 1. The summed E-state index contributed by atoms with van der Waals surface area (Å²) in [6.45, 7) is 11.9. The van der Waals surface area contributed by atoms with Crippen molar-refractivity contribution in [3.8, 4) is 17.0 Å². The molecule has 1 saturated carbocycles. The second-order valence-electron chi connectivity index (χ2n) is 11.6. The highest BCUT2D eigenvalue weighted by atomic mass is 32.1. The summed E-state index contributed by atoms with van der Waals surface area (Å²) >= 11 is 1.73. The number of rotatable bonds is 10. The fourth-order valence-electron chi connectivity index (χ4n) is 6.72. The van der Waals surface area contributed by atoms with Crippen molar-refractivity contribution < 1.29 is 19.3 Å². The molecule has 3 fully saturated rings. The van der Waals surface area contributed by atoms with E-state index in [1.54, 1.807) is 11.3 Å². The minimum atomic E-state index is -0.184. The molecule has 1 aromatic heterocycles. The van der Waals surface area contributed by atoms with Gasteiger partial charge in [-0.15, -0.1) is 11.3 Å². The smallest absolute Gasteiger partial charge is 0.185 e. The molecule has 0 radical (unpaired) electrons. The molecule has 8 heteroatoms. The summed E-state index contributed by atoms with van der Waals surface area (Å²) in [5.74, 6) is 2.69. The number of morpholine rings is 1. The van der Waals surface area contributed by atoms with Crippen LogP contribution in [0.1, 0.15) is 35.1 Å². The van der Waals surface area contributed by atoms with Crippen LogP contribution in [0.3, 0.4) is 0 Å². The van der Waals surface area contributed by atoms with Crippen molar-refractivity contribution in [2.75, 3.05) is 57.7 Å². The molecule has 3 heterocycles. The lowest BCUT2D eigenvalue weighted by atomic mass is 9.86. The van der Waals surface area contributed by atoms with E-state index >= 15 is 0 Å². The number of hydrogen-bond acceptors (Lipinski definition) is 8. The van der Waals surface area contributed by atoms with E-state index in [4.69, 9.17) is 24.3 Å². The minimum absolute atomic E-state index is 0.184. The number of ether oxygens (including phenoxy) is 3. The Bertz CT molecular complexity index is 1280. The number of aryl methyl sites for hydroxylation is 2. The summed E-state index contributed by atoms with van der Waals surface area (Å²) in [5.41, 5.74) is 6.97. The Kier molecular flexibility index (Phi) is 8.70. The Morgan fingerprint density at radius 3 is 2.60 bits per heavy atom. The van der Waals surface area contributed by atoms with Gasteiger partial charge in [0, 0.05) is 43.7 Å². The molecule has 2 saturated heterocycles. The van der Waals surface area contributed by atoms with Crippen LogP contribution in [0.4, 0.5) is 5.13 Å². The Balaban J connectivity index is 1.13. The summed E-state index contributed by atoms with van der Waals surface area (Å²) in [5, 5.41) is 12.4. The quantitative estimate of drug-likeness (QED) is 0.337. The number of benzene rings is 2. The van der Waals surface area contributed by atoms with Gasteiger partial charge < -0.3 is 24.2 Å². The number of piperidine rings is 1. The van der Waals surface area contributed by atoms with Gasteiger partial charge in [-0.2, -0.15) is 0 Å². The molecule has 1 aliphatic carbocycles. The molecule has 2 aromatic carbocycles. The van der Waals surface area contributed by atoms with Crippen LogP contribution < -0.4 is 9.64 Å². The third-order valence-electron chi connectivity index (χ3n) is 8.97. The molecule has 2 bridgehead atoms. The van der Waals surface area contributed by atoms with Crippen molar-refractivity contribution in [3.63, 3.8) is 0 Å². The molecular weight excluding hydrogens is 522 g/mol. The van der Waals surface area contributed by atoms with Crippen LogP contribution in [0, 0.1) is 31.6 Å². The first kappa shape index (κ1) is 27.7.